The molecule has 1 N–H and O–H groups in total. The van der Waals surface area contributed by atoms with E-state index in [0.29, 0.717) is 6.04 Å². The SMILES string of the molecule is CN(C1CCCCC1)C1CCCC(C)(C)C1O. The number of aliphatic hydroxyl groups excluding tert-OH is 1. The Balaban J connectivity index is 2.00. The first-order chi connectivity index (χ1) is 8.02. The van der Waals surface area contributed by atoms with Crippen molar-refractivity contribution >= 4 is 0 Å². The molecule has 2 heteroatoms. The lowest BCUT2D eigenvalue weighted by Crippen LogP contribution is -2.54. The molecule has 2 nitrogen and oxygen atoms in total. The van der Waals surface area contributed by atoms with Gasteiger partial charge in [0.15, 0.2) is 0 Å². The van der Waals surface area contributed by atoms with Gasteiger partial charge in [0.1, 0.15) is 0 Å². The van der Waals surface area contributed by atoms with Gasteiger partial charge in [-0.3, -0.25) is 4.90 Å². The van der Waals surface area contributed by atoms with Crippen molar-refractivity contribution in [2.45, 2.75) is 83.4 Å². The van der Waals surface area contributed by atoms with Crippen LogP contribution in [0.15, 0.2) is 0 Å². The van der Waals surface area contributed by atoms with Crippen molar-refractivity contribution in [1.82, 2.24) is 4.90 Å². The minimum atomic E-state index is -0.150. The van der Waals surface area contributed by atoms with Crippen molar-refractivity contribution in [2.24, 2.45) is 5.41 Å². The summed E-state index contributed by atoms with van der Waals surface area (Å²) in [5.41, 5.74) is 0.103. The van der Waals surface area contributed by atoms with Gasteiger partial charge in [-0.1, -0.05) is 39.5 Å². The summed E-state index contributed by atoms with van der Waals surface area (Å²) in [6.07, 6.45) is 10.3. The minimum absolute atomic E-state index is 0.103. The monoisotopic (exact) mass is 239 g/mol. The van der Waals surface area contributed by atoms with Gasteiger partial charge in [0.25, 0.3) is 0 Å². The fourth-order valence-corrected chi connectivity index (χ4v) is 3.78. The van der Waals surface area contributed by atoms with Gasteiger partial charge in [-0.05, 0) is 38.1 Å². The lowest BCUT2D eigenvalue weighted by molar-refractivity contribution is -0.0644. The molecular formula is C15H29NO. The van der Waals surface area contributed by atoms with E-state index in [-0.39, 0.29) is 11.5 Å². The van der Waals surface area contributed by atoms with Crippen LogP contribution in [0.5, 0.6) is 0 Å². The second-order valence-electron chi connectivity index (χ2n) is 6.85. The Hall–Kier alpha value is -0.0800. The molecule has 0 radical (unpaired) electrons. The topological polar surface area (TPSA) is 23.5 Å². The Bertz CT molecular complexity index is 245. The first-order valence-electron chi connectivity index (χ1n) is 7.42. The lowest BCUT2D eigenvalue weighted by Gasteiger charge is -2.47. The van der Waals surface area contributed by atoms with Gasteiger partial charge in [0.05, 0.1) is 6.10 Å². The molecule has 0 aliphatic heterocycles. The number of likely N-dealkylation sites (N-methyl/N-ethyl adjacent to an activating group) is 1. The van der Waals surface area contributed by atoms with Crippen molar-refractivity contribution < 1.29 is 5.11 Å². The van der Waals surface area contributed by atoms with E-state index in [2.05, 4.69) is 25.8 Å². The van der Waals surface area contributed by atoms with Crippen molar-refractivity contribution in [3.63, 3.8) is 0 Å². The Morgan fingerprint density at radius 2 is 1.65 bits per heavy atom. The molecule has 0 amide bonds. The van der Waals surface area contributed by atoms with Crippen LogP contribution >= 0.6 is 0 Å². The molecule has 2 atom stereocenters. The zero-order valence-corrected chi connectivity index (χ0v) is 11.8. The quantitative estimate of drug-likeness (QED) is 0.800. The van der Waals surface area contributed by atoms with Gasteiger partial charge in [0.2, 0.25) is 0 Å². The summed E-state index contributed by atoms with van der Waals surface area (Å²) in [6.45, 7) is 4.44. The molecule has 0 aromatic rings. The first kappa shape index (κ1) is 13.4. The molecule has 0 saturated heterocycles. The molecule has 0 spiro atoms. The number of nitrogens with zero attached hydrogens (tertiary/aromatic N) is 1. The highest BCUT2D eigenvalue weighted by atomic mass is 16.3. The smallest absolute Gasteiger partial charge is 0.0746 e. The highest BCUT2D eigenvalue weighted by Gasteiger charge is 2.40. The summed E-state index contributed by atoms with van der Waals surface area (Å²) in [4.78, 5) is 2.50. The van der Waals surface area contributed by atoms with Gasteiger partial charge in [-0.25, -0.2) is 0 Å². The molecule has 2 saturated carbocycles. The summed E-state index contributed by atoms with van der Waals surface area (Å²) in [5.74, 6) is 0. The number of hydrogen-bond donors (Lipinski definition) is 1. The molecule has 2 aliphatic carbocycles. The predicted molar refractivity (Wildman–Crippen MR) is 72.1 cm³/mol. The minimum Gasteiger partial charge on any atom is -0.391 e. The van der Waals surface area contributed by atoms with E-state index >= 15 is 0 Å². The Morgan fingerprint density at radius 1 is 1.00 bits per heavy atom. The second-order valence-corrected chi connectivity index (χ2v) is 6.85. The Morgan fingerprint density at radius 3 is 2.29 bits per heavy atom. The molecule has 17 heavy (non-hydrogen) atoms. The van der Waals surface area contributed by atoms with Crippen molar-refractivity contribution in [1.29, 1.82) is 0 Å². The van der Waals surface area contributed by atoms with Crippen LogP contribution in [-0.4, -0.2) is 35.2 Å². The van der Waals surface area contributed by atoms with Crippen molar-refractivity contribution in [3.8, 4) is 0 Å². The summed E-state index contributed by atoms with van der Waals surface area (Å²) >= 11 is 0. The van der Waals surface area contributed by atoms with E-state index in [1.54, 1.807) is 0 Å². The molecule has 2 fully saturated rings. The third-order valence-corrected chi connectivity index (χ3v) is 5.16. The van der Waals surface area contributed by atoms with Crippen LogP contribution in [0.3, 0.4) is 0 Å². The van der Waals surface area contributed by atoms with Crippen LogP contribution in [0.2, 0.25) is 0 Å². The lowest BCUT2D eigenvalue weighted by atomic mass is 9.71. The third-order valence-electron chi connectivity index (χ3n) is 5.16. The maximum atomic E-state index is 10.6. The fraction of sp³-hybridized carbons (Fsp3) is 1.00. The number of aliphatic hydroxyl groups is 1. The normalized spacial score (nSPS) is 35.1. The molecule has 2 unspecified atom stereocenters. The summed E-state index contributed by atoms with van der Waals surface area (Å²) < 4.78 is 0. The average Bonchev–Trinajstić information content (AvgIpc) is 2.33. The van der Waals surface area contributed by atoms with E-state index < -0.39 is 0 Å². The number of rotatable bonds is 2. The first-order valence-corrected chi connectivity index (χ1v) is 7.42. The molecular weight excluding hydrogens is 210 g/mol. The highest BCUT2D eigenvalue weighted by molar-refractivity contribution is 4.94. The Kier molecular flexibility index (Phi) is 4.14. The summed E-state index contributed by atoms with van der Waals surface area (Å²) in [5, 5.41) is 10.6. The molecule has 100 valence electrons. The van der Waals surface area contributed by atoms with Crippen molar-refractivity contribution in [2.75, 3.05) is 7.05 Å². The van der Waals surface area contributed by atoms with Crippen LogP contribution in [0.1, 0.15) is 65.2 Å². The summed E-state index contributed by atoms with van der Waals surface area (Å²) in [7, 11) is 2.24. The average molecular weight is 239 g/mol. The van der Waals surface area contributed by atoms with Gasteiger partial charge in [-0.2, -0.15) is 0 Å². The standard InChI is InChI=1S/C15H29NO/c1-15(2)11-7-10-13(14(15)17)16(3)12-8-5-4-6-9-12/h12-14,17H,4-11H2,1-3H3. The van der Waals surface area contributed by atoms with E-state index in [0.717, 1.165) is 6.04 Å². The maximum absolute atomic E-state index is 10.6. The van der Waals surface area contributed by atoms with Crippen LogP contribution in [0.4, 0.5) is 0 Å². The predicted octanol–water partition coefficient (Wildman–Crippen LogP) is 3.19. The molecule has 0 aromatic heterocycles. The van der Waals surface area contributed by atoms with Gasteiger partial charge < -0.3 is 5.11 Å². The Labute approximate surface area is 106 Å². The van der Waals surface area contributed by atoms with Gasteiger partial charge in [0, 0.05) is 12.1 Å². The van der Waals surface area contributed by atoms with Gasteiger partial charge in [-0.15, -0.1) is 0 Å². The van der Waals surface area contributed by atoms with Crippen LogP contribution in [-0.2, 0) is 0 Å². The summed E-state index contributed by atoms with van der Waals surface area (Å²) in [6, 6.07) is 1.11. The van der Waals surface area contributed by atoms with Gasteiger partial charge >= 0.3 is 0 Å². The second kappa shape index (κ2) is 5.27. The van der Waals surface area contributed by atoms with Crippen LogP contribution < -0.4 is 0 Å². The fourth-order valence-electron chi connectivity index (χ4n) is 3.78. The zero-order valence-electron chi connectivity index (χ0n) is 11.8. The van der Waals surface area contributed by atoms with Crippen molar-refractivity contribution in [3.05, 3.63) is 0 Å². The molecule has 2 aliphatic rings. The highest BCUT2D eigenvalue weighted by Crippen LogP contribution is 2.38. The molecule has 0 aromatic carbocycles. The zero-order chi connectivity index (χ0) is 12.5. The maximum Gasteiger partial charge on any atom is 0.0746 e. The molecule has 0 bridgehead atoms. The molecule has 2 rings (SSSR count). The molecule has 0 heterocycles. The van der Waals surface area contributed by atoms with E-state index in [1.807, 2.05) is 0 Å². The van der Waals surface area contributed by atoms with Crippen LogP contribution in [0.25, 0.3) is 0 Å². The third kappa shape index (κ3) is 2.85. The van der Waals surface area contributed by atoms with Crippen LogP contribution in [0, 0.1) is 5.41 Å². The van der Waals surface area contributed by atoms with E-state index in [1.165, 1.54) is 51.4 Å². The number of hydrogen-bond acceptors (Lipinski definition) is 2. The van der Waals surface area contributed by atoms with E-state index in [9.17, 15) is 5.11 Å². The largest absolute Gasteiger partial charge is 0.391 e. The van der Waals surface area contributed by atoms with E-state index in [4.69, 9.17) is 0 Å².